The molecule has 0 bridgehead atoms. The molecule has 5 nitrogen and oxygen atoms in total. The van der Waals surface area contributed by atoms with E-state index in [9.17, 15) is 4.79 Å². The number of hydrogen-bond acceptors (Lipinski definition) is 5. The summed E-state index contributed by atoms with van der Waals surface area (Å²) in [7, 11) is 0. The maximum atomic E-state index is 11.9. The number of aromatic nitrogens is 2. The van der Waals surface area contributed by atoms with Crippen molar-refractivity contribution in [2.24, 2.45) is 0 Å². The molecule has 0 aliphatic carbocycles. The van der Waals surface area contributed by atoms with Crippen LogP contribution < -0.4 is 5.32 Å². The lowest BCUT2D eigenvalue weighted by atomic mass is 10.2. The molecule has 128 valence electrons. The molecule has 0 aliphatic heterocycles. The molecule has 1 amide bonds. The molecule has 0 unspecified atom stereocenters. The van der Waals surface area contributed by atoms with Crippen molar-refractivity contribution < 1.29 is 9.21 Å². The fraction of sp³-hybridized carbons (Fsp3) is 0.118. The van der Waals surface area contributed by atoms with Gasteiger partial charge in [0.2, 0.25) is 11.8 Å². The quantitative estimate of drug-likeness (QED) is 0.626. The zero-order valence-electron chi connectivity index (χ0n) is 12.9. The minimum Gasteiger partial charge on any atom is -0.411 e. The SMILES string of the molecule is O=C(CSc1nnc(-c2cccc(Cl)c2)o1)NCc1ccccc1Cl. The molecular weight excluding hydrogens is 381 g/mol. The number of halogens is 2. The minimum absolute atomic E-state index is 0.146. The number of amides is 1. The highest BCUT2D eigenvalue weighted by Gasteiger charge is 2.11. The fourth-order valence-corrected chi connectivity index (χ4v) is 3.01. The maximum absolute atomic E-state index is 11.9. The summed E-state index contributed by atoms with van der Waals surface area (Å²) in [6.45, 7) is 0.372. The van der Waals surface area contributed by atoms with Crippen LogP contribution in [-0.2, 0) is 11.3 Å². The van der Waals surface area contributed by atoms with E-state index in [1.54, 1.807) is 24.3 Å². The smallest absolute Gasteiger partial charge is 0.277 e. The minimum atomic E-state index is -0.146. The highest BCUT2D eigenvalue weighted by atomic mass is 35.5. The van der Waals surface area contributed by atoms with Gasteiger partial charge in [-0.2, -0.15) is 0 Å². The van der Waals surface area contributed by atoms with Crippen molar-refractivity contribution in [3.8, 4) is 11.5 Å². The average molecular weight is 394 g/mol. The van der Waals surface area contributed by atoms with Gasteiger partial charge in [0.05, 0.1) is 5.75 Å². The molecule has 0 atom stereocenters. The van der Waals surface area contributed by atoms with Gasteiger partial charge in [-0.05, 0) is 29.8 Å². The number of hydrogen-bond donors (Lipinski definition) is 1. The monoisotopic (exact) mass is 393 g/mol. The van der Waals surface area contributed by atoms with Crippen LogP contribution in [0.4, 0.5) is 0 Å². The van der Waals surface area contributed by atoms with Crippen LogP contribution in [0.15, 0.2) is 58.2 Å². The van der Waals surface area contributed by atoms with Crippen molar-refractivity contribution >= 4 is 40.9 Å². The van der Waals surface area contributed by atoms with Gasteiger partial charge < -0.3 is 9.73 Å². The molecular formula is C17H13Cl2N3O2S. The van der Waals surface area contributed by atoms with Crippen LogP contribution in [0.1, 0.15) is 5.56 Å². The van der Waals surface area contributed by atoms with Crippen LogP contribution in [0, 0.1) is 0 Å². The molecule has 0 saturated carbocycles. The highest BCUT2D eigenvalue weighted by molar-refractivity contribution is 7.99. The Morgan fingerprint density at radius 1 is 1.12 bits per heavy atom. The van der Waals surface area contributed by atoms with Crippen LogP contribution in [0.25, 0.3) is 11.5 Å². The summed E-state index contributed by atoms with van der Waals surface area (Å²) in [4.78, 5) is 11.9. The van der Waals surface area contributed by atoms with Crippen LogP contribution in [0.2, 0.25) is 10.0 Å². The molecule has 3 rings (SSSR count). The van der Waals surface area contributed by atoms with E-state index < -0.39 is 0 Å². The predicted octanol–water partition coefficient (Wildman–Crippen LogP) is 4.45. The Balaban J connectivity index is 1.52. The first-order valence-corrected chi connectivity index (χ1v) is 9.08. The van der Waals surface area contributed by atoms with Gasteiger partial charge in [-0.1, -0.05) is 59.2 Å². The zero-order chi connectivity index (χ0) is 17.6. The van der Waals surface area contributed by atoms with Gasteiger partial charge in [0.25, 0.3) is 5.22 Å². The number of nitrogens with zero attached hydrogens (tertiary/aromatic N) is 2. The van der Waals surface area contributed by atoms with Gasteiger partial charge in [0.15, 0.2) is 0 Å². The molecule has 0 spiro atoms. The Hall–Kier alpha value is -2.02. The Kier molecular flexibility index (Phi) is 5.96. The molecule has 3 aromatic rings. The summed E-state index contributed by atoms with van der Waals surface area (Å²) >= 11 is 13.2. The summed E-state index contributed by atoms with van der Waals surface area (Å²) in [5, 5.41) is 12.2. The molecule has 8 heteroatoms. The van der Waals surface area contributed by atoms with E-state index in [-0.39, 0.29) is 11.7 Å². The molecule has 1 heterocycles. The van der Waals surface area contributed by atoms with Gasteiger partial charge in [-0.3, -0.25) is 4.79 Å². The van der Waals surface area contributed by atoms with E-state index in [1.807, 2.05) is 24.3 Å². The summed E-state index contributed by atoms with van der Waals surface area (Å²) in [6, 6.07) is 14.5. The van der Waals surface area contributed by atoms with Crippen molar-refractivity contribution in [2.45, 2.75) is 11.8 Å². The van der Waals surface area contributed by atoms with Gasteiger partial charge in [0.1, 0.15) is 0 Å². The van der Waals surface area contributed by atoms with Crippen LogP contribution in [-0.4, -0.2) is 21.9 Å². The van der Waals surface area contributed by atoms with E-state index in [1.165, 1.54) is 11.8 Å². The fourth-order valence-electron chi connectivity index (χ4n) is 2.02. The van der Waals surface area contributed by atoms with Gasteiger partial charge in [-0.25, -0.2) is 0 Å². The number of rotatable bonds is 6. The second-order valence-electron chi connectivity index (χ2n) is 5.04. The summed E-state index contributed by atoms with van der Waals surface area (Å²) in [6.07, 6.45) is 0. The lowest BCUT2D eigenvalue weighted by Crippen LogP contribution is -2.24. The molecule has 0 fully saturated rings. The van der Waals surface area contributed by atoms with Gasteiger partial charge >= 0.3 is 0 Å². The molecule has 1 N–H and O–H groups in total. The van der Waals surface area contributed by atoms with E-state index >= 15 is 0 Å². The topological polar surface area (TPSA) is 68.0 Å². The number of thioether (sulfide) groups is 1. The average Bonchev–Trinajstić information content (AvgIpc) is 3.08. The molecule has 2 aromatic carbocycles. The first-order chi connectivity index (χ1) is 12.1. The van der Waals surface area contributed by atoms with Gasteiger partial charge in [0, 0.05) is 22.2 Å². The third-order valence-electron chi connectivity index (χ3n) is 3.24. The first-order valence-electron chi connectivity index (χ1n) is 7.34. The van der Waals surface area contributed by atoms with Crippen molar-refractivity contribution in [2.75, 3.05) is 5.75 Å². The summed E-state index contributed by atoms with van der Waals surface area (Å²) in [5.41, 5.74) is 1.60. The Labute approximate surface area is 158 Å². The predicted molar refractivity (Wildman–Crippen MR) is 98.8 cm³/mol. The standard InChI is InChI=1S/C17H13Cl2N3O2S/c18-13-6-3-5-11(8-13)16-21-22-17(24-16)25-10-15(23)20-9-12-4-1-2-7-14(12)19/h1-8H,9-10H2,(H,20,23). The lowest BCUT2D eigenvalue weighted by Gasteiger charge is -2.05. The van der Waals surface area contributed by atoms with Crippen LogP contribution in [0.3, 0.4) is 0 Å². The number of nitrogens with one attached hydrogen (secondary N) is 1. The molecule has 0 radical (unpaired) electrons. The number of carbonyl (C=O) groups is 1. The Morgan fingerprint density at radius 2 is 1.96 bits per heavy atom. The molecule has 0 saturated heterocycles. The Morgan fingerprint density at radius 3 is 2.76 bits per heavy atom. The van der Waals surface area contributed by atoms with Crippen molar-refractivity contribution in [3.05, 3.63) is 64.1 Å². The van der Waals surface area contributed by atoms with E-state index in [0.717, 1.165) is 11.1 Å². The second kappa shape index (κ2) is 8.38. The van der Waals surface area contributed by atoms with Gasteiger partial charge in [-0.15, -0.1) is 10.2 Å². The van der Waals surface area contributed by atoms with E-state index in [2.05, 4.69) is 15.5 Å². The highest BCUT2D eigenvalue weighted by Crippen LogP contribution is 2.25. The summed E-state index contributed by atoms with van der Waals surface area (Å²) < 4.78 is 5.54. The normalized spacial score (nSPS) is 10.6. The van der Waals surface area contributed by atoms with Crippen LogP contribution >= 0.6 is 35.0 Å². The number of benzene rings is 2. The van der Waals surface area contributed by atoms with Crippen LogP contribution in [0.5, 0.6) is 0 Å². The number of carbonyl (C=O) groups excluding carboxylic acids is 1. The third kappa shape index (κ3) is 4.98. The molecule has 25 heavy (non-hydrogen) atoms. The summed E-state index contributed by atoms with van der Waals surface area (Å²) in [5.74, 6) is 0.385. The zero-order valence-corrected chi connectivity index (χ0v) is 15.2. The van der Waals surface area contributed by atoms with Crippen molar-refractivity contribution in [1.82, 2.24) is 15.5 Å². The van der Waals surface area contributed by atoms with Crippen molar-refractivity contribution in [1.29, 1.82) is 0 Å². The first kappa shape index (κ1) is 17.8. The molecule has 0 aliphatic rings. The Bertz CT molecular complexity index is 886. The lowest BCUT2D eigenvalue weighted by molar-refractivity contribution is -0.118. The molecule has 1 aromatic heterocycles. The second-order valence-corrected chi connectivity index (χ2v) is 6.81. The van der Waals surface area contributed by atoms with Crippen molar-refractivity contribution in [3.63, 3.8) is 0 Å². The maximum Gasteiger partial charge on any atom is 0.277 e. The largest absolute Gasteiger partial charge is 0.411 e. The third-order valence-corrected chi connectivity index (χ3v) is 4.66. The van der Waals surface area contributed by atoms with E-state index in [4.69, 9.17) is 27.6 Å². The van der Waals surface area contributed by atoms with E-state index in [0.29, 0.717) is 27.7 Å².